The average Bonchev–Trinajstić information content (AvgIpc) is 3.33. The van der Waals surface area contributed by atoms with Crippen LogP contribution in [-0.2, 0) is 38.4 Å². The number of amides is 1. The molecule has 3 aromatic rings. The van der Waals surface area contributed by atoms with Crippen LogP contribution < -0.4 is 10.1 Å². The van der Waals surface area contributed by atoms with E-state index < -0.39 is 44.5 Å². The highest BCUT2D eigenvalue weighted by Gasteiger charge is 2.36. The van der Waals surface area contributed by atoms with E-state index in [0.717, 1.165) is 23.3 Å². The molecular formula is C31H36F3N3O6S2. The summed E-state index contributed by atoms with van der Waals surface area (Å²) in [5.41, 5.74) is -0.272. The quantitative estimate of drug-likeness (QED) is 0.186. The van der Waals surface area contributed by atoms with Gasteiger partial charge in [-0.1, -0.05) is 32.9 Å². The number of alkyl halides is 3. The van der Waals surface area contributed by atoms with E-state index in [-0.39, 0.29) is 41.9 Å². The van der Waals surface area contributed by atoms with Gasteiger partial charge in [-0.15, -0.1) is 11.3 Å². The summed E-state index contributed by atoms with van der Waals surface area (Å²) in [5.74, 6) is -1.15. The minimum atomic E-state index is -4.94. The number of nitrogens with zero attached hydrogens (tertiary/aromatic N) is 2. The zero-order chi connectivity index (χ0) is 33.2. The van der Waals surface area contributed by atoms with Gasteiger partial charge in [-0.05, 0) is 67.7 Å². The van der Waals surface area contributed by atoms with Crippen LogP contribution in [0, 0.1) is 11.3 Å². The first-order chi connectivity index (χ1) is 21.0. The molecule has 1 N–H and O–H groups in total. The van der Waals surface area contributed by atoms with E-state index in [2.05, 4.69) is 36.1 Å². The van der Waals surface area contributed by atoms with Gasteiger partial charge in [0.15, 0.2) is 0 Å². The van der Waals surface area contributed by atoms with Crippen molar-refractivity contribution in [3.8, 4) is 17.0 Å². The first-order valence-electron chi connectivity index (χ1n) is 14.5. The lowest BCUT2D eigenvalue weighted by atomic mass is 9.72. The molecule has 244 valence electrons. The average molecular weight is 668 g/mol. The molecule has 2 heterocycles. The van der Waals surface area contributed by atoms with Crippen LogP contribution in [0.25, 0.3) is 11.3 Å². The minimum Gasteiger partial charge on any atom is -0.496 e. The van der Waals surface area contributed by atoms with Gasteiger partial charge in [0.2, 0.25) is 20.9 Å². The van der Waals surface area contributed by atoms with Crippen LogP contribution in [0.4, 0.5) is 18.2 Å². The SMILES string of the molecule is CCOC(=O)c1c(NC(=O)CCCS(=O)(=O)c2nc(-c3ccccc3OC)cc(C(F)(F)F)n2)sc2c1CC[C@H](C(C)(C)C)C2. The number of carbonyl (C=O) groups is 2. The Morgan fingerprint density at radius 2 is 1.84 bits per heavy atom. The van der Waals surface area contributed by atoms with Crippen molar-refractivity contribution in [1.29, 1.82) is 0 Å². The van der Waals surface area contributed by atoms with E-state index in [0.29, 0.717) is 29.0 Å². The van der Waals surface area contributed by atoms with E-state index in [1.54, 1.807) is 19.1 Å². The van der Waals surface area contributed by atoms with E-state index in [1.807, 2.05) is 0 Å². The number of carbonyl (C=O) groups excluding carboxylic acids is 2. The molecule has 9 nitrogen and oxygen atoms in total. The predicted molar refractivity (Wildman–Crippen MR) is 164 cm³/mol. The lowest BCUT2D eigenvalue weighted by molar-refractivity contribution is -0.141. The van der Waals surface area contributed by atoms with Gasteiger partial charge < -0.3 is 14.8 Å². The number of ether oxygens (including phenoxy) is 2. The molecule has 0 unspecified atom stereocenters. The maximum Gasteiger partial charge on any atom is 0.433 e. The van der Waals surface area contributed by atoms with Crippen molar-refractivity contribution >= 4 is 38.1 Å². The smallest absolute Gasteiger partial charge is 0.433 e. The zero-order valence-corrected chi connectivity index (χ0v) is 27.3. The third-order valence-corrected chi connectivity index (χ3v) is 10.4. The Morgan fingerprint density at radius 3 is 2.49 bits per heavy atom. The standard InChI is InChI=1S/C31H36F3N3O6S2/c1-6-43-28(39)26-20-14-13-18(30(2,3)4)16-23(20)44-27(26)37-25(38)12-9-15-45(40,41)29-35-21(17-24(36-29)31(32,33)34)19-10-7-8-11-22(19)42-5/h7-8,10-11,17-18H,6,9,12-16H2,1-5H3,(H,37,38)/t18-/m0/s1. The number of thiophene rings is 1. The number of halogens is 3. The van der Waals surface area contributed by atoms with Gasteiger partial charge in [0.1, 0.15) is 16.4 Å². The Bertz CT molecular complexity index is 1680. The highest BCUT2D eigenvalue weighted by Crippen LogP contribution is 2.44. The van der Waals surface area contributed by atoms with Gasteiger partial charge in [-0.3, -0.25) is 4.79 Å². The summed E-state index contributed by atoms with van der Waals surface area (Å²) < 4.78 is 77.8. The Hall–Kier alpha value is -3.52. The van der Waals surface area contributed by atoms with Crippen molar-refractivity contribution in [1.82, 2.24) is 9.97 Å². The van der Waals surface area contributed by atoms with Crippen molar-refractivity contribution in [2.75, 3.05) is 24.8 Å². The number of para-hydroxylation sites is 1. The molecule has 1 aliphatic carbocycles. The molecule has 45 heavy (non-hydrogen) atoms. The first-order valence-corrected chi connectivity index (χ1v) is 17.0. The number of esters is 1. The van der Waals surface area contributed by atoms with Crippen LogP contribution in [0.3, 0.4) is 0 Å². The van der Waals surface area contributed by atoms with Gasteiger partial charge in [0, 0.05) is 16.9 Å². The third kappa shape index (κ3) is 8.01. The Balaban J connectivity index is 1.52. The fourth-order valence-corrected chi connectivity index (χ4v) is 7.75. The number of rotatable bonds is 10. The Labute approximate surface area is 264 Å². The second-order valence-electron chi connectivity index (χ2n) is 11.8. The molecular weight excluding hydrogens is 631 g/mol. The molecule has 1 aromatic carbocycles. The summed E-state index contributed by atoms with van der Waals surface area (Å²) >= 11 is 1.32. The normalized spacial score (nSPS) is 15.3. The maximum atomic E-state index is 13.7. The minimum absolute atomic E-state index is 0.0674. The summed E-state index contributed by atoms with van der Waals surface area (Å²) in [7, 11) is -3.10. The Morgan fingerprint density at radius 1 is 1.13 bits per heavy atom. The monoisotopic (exact) mass is 667 g/mol. The van der Waals surface area contributed by atoms with Gasteiger partial charge >= 0.3 is 12.1 Å². The number of hydrogen-bond acceptors (Lipinski definition) is 9. The van der Waals surface area contributed by atoms with Crippen molar-refractivity contribution < 1.29 is 40.7 Å². The van der Waals surface area contributed by atoms with Crippen molar-refractivity contribution in [2.24, 2.45) is 11.3 Å². The molecule has 0 radical (unpaired) electrons. The molecule has 0 spiro atoms. The van der Waals surface area contributed by atoms with E-state index >= 15 is 0 Å². The summed E-state index contributed by atoms with van der Waals surface area (Å²) in [4.78, 5) is 34.1. The Kier molecular flexibility index (Phi) is 10.3. The third-order valence-electron chi connectivity index (χ3n) is 7.70. The topological polar surface area (TPSA) is 125 Å². The number of sulfone groups is 1. The number of nitrogens with one attached hydrogen (secondary N) is 1. The van der Waals surface area contributed by atoms with Crippen molar-refractivity contribution in [2.45, 2.75) is 71.1 Å². The van der Waals surface area contributed by atoms with Crippen molar-refractivity contribution in [3.05, 3.63) is 52.0 Å². The highest BCUT2D eigenvalue weighted by atomic mass is 32.2. The maximum absolute atomic E-state index is 13.7. The summed E-state index contributed by atoms with van der Waals surface area (Å²) in [6.07, 6.45) is -3.10. The van der Waals surface area contributed by atoms with Crippen LogP contribution in [0.2, 0.25) is 0 Å². The van der Waals surface area contributed by atoms with Crippen LogP contribution in [0.15, 0.2) is 35.5 Å². The molecule has 14 heteroatoms. The van der Waals surface area contributed by atoms with Crippen LogP contribution in [0.5, 0.6) is 5.75 Å². The second-order valence-corrected chi connectivity index (χ2v) is 14.9. The lowest BCUT2D eigenvalue weighted by Crippen LogP contribution is -2.26. The number of benzene rings is 1. The largest absolute Gasteiger partial charge is 0.496 e. The first kappa shape index (κ1) is 34.4. The highest BCUT2D eigenvalue weighted by molar-refractivity contribution is 7.91. The van der Waals surface area contributed by atoms with Crippen LogP contribution >= 0.6 is 11.3 Å². The number of anilines is 1. The summed E-state index contributed by atoms with van der Waals surface area (Å²) in [6, 6.07) is 6.80. The predicted octanol–water partition coefficient (Wildman–Crippen LogP) is 6.75. The van der Waals surface area contributed by atoms with E-state index in [1.165, 1.54) is 30.6 Å². The van der Waals surface area contributed by atoms with Crippen molar-refractivity contribution in [3.63, 3.8) is 0 Å². The molecule has 0 bridgehead atoms. The molecule has 1 amide bonds. The van der Waals surface area contributed by atoms with E-state index in [4.69, 9.17) is 9.47 Å². The van der Waals surface area contributed by atoms with Gasteiger partial charge in [0.25, 0.3) is 0 Å². The molecule has 0 fully saturated rings. The number of fused-ring (bicyclic) bond motifs is 1. The molecule has 1 atom stereocenters. The summed E-state index contributed by atoms with van der Waals surface area (Å²) in [5, 5.41) is 2.10. The molecule has 4 rings (SSSR count). The molecule has 2 aromatic heterocycles. The lowest BCUT2D eigenvalue weighted by Gasteiger charge is -2.33. The molecule has 0 saturated heterocycles. The van der Waals surface area contributed by atoms with Gasteiger partial charge in [-0.25, -0.2) is 23.2 Å². The van der Waals surface area contributed by atoms with Crippen LogP contribution in [0.1, 0.15) is 73.4 Å². The number of hydrogen-bond donors (Lipinski definition) is 1. The van der Waals surface area contributed by atoms with Gasteiger partial charge in [0.05, 0.1) is 30.7 Å². The molecule has 1 aliphatic rings. The molecule has 0 saturated carbocycles. The van der Waals surface area contributed by atoms with E-state index in [9.17, 15) is 31.2 Å². The zero-order valence-electron chi connectivity index (χ0n) is 25.7. The van der Waals surface area contributed by atoms with Crippen LogP contribution in [-0.4, -0.2) is 49.7 Å². The van der Waals surface area contributed by atoms with Gasteiger partial charge in [-0.2, -0.15) is 13.2 Å². The fraction of sp³-hybridized carbons (Fsp3) is 0.484. The fourth-order valence-electron chi connectivity index (χ4n) is 5.24. The summed E-state index contributed by atoms with van der Waals surface area (Å²) in [6.45, 7) is 8.36. The molecule has 0 aliphatic heterocycles. The number of methoxy groups -OCH3 is 1. The number of aromatic nitrogens is 2. The second kappa shape index (κ2) is 13.5.